The van der Waals surface area contributed by atoms with E-state index in [0.717, 1.165) is 0 Å². The van der Waals surface area contributed by atoms with E-state index in [1.54, 1.807) is 36.4 Å². The fourth-order valence-electron chi connectivity index (χ4n) is 2.12. The van der Waals surface area contributed by atoms with E-state index in [1.807, 2.05) is 6.07 Å². The zero-order chi connectivity index (χ0) is 15.5. The van der Waals surface area contributed by atoms with Crippen molar-refractivity contribution in [1.29, 1.82) is 0 Å². The minimum Gasteiger partial charge on any atom is -0.497 e. The Labute approximate surface area is 124 Å². The highest BCUT2D eigenvalue weighted by Gasteiger charge is 2.31. The molecule has 0 radical (unpaired) electrons. The second kappa shape index (κ2) is 5.87. The molecule has 5 heteroatoms. The topological polar surface area (TPSA) is 63.6 Å². The standard InChI is InChI=1S/C16H18O4S/c1-16(17,13-6-4-3-5-7-13)12-21(18,19)15-10-8-14(20-2)9-11-15/h3-11,17H,12H2,1-2H3. The minimum absolute atomic E-state index is 0.166. The summed E-state index contributed by atoms with van der Waals surface area (Å²) in [5.41, 5.74) is -0.873. The van der Waals surface area contributed by atoms with Crippen molar-refractivity contribution in [3.63, 3.8) is 0 Å². The Hall–Kier alpha value is -1.85. The predicted molar refractivity (Wildman–Crippen MR) is 81.1 cm³/mol. The van der Waals surface area contributed by atoms with Gasteiger partial charge in [0.15, 0.2) is 9.84 Å². The lowest BCUT2D eigenvalue weighted by molar-refractivity contribution is 0.0819. The molecule has 2 aromatic carbocycles. The van der Waals surface area contributed by atoms with Crippen LogP contribution in [0.1, 0.15) is 12.5 Å². The van der Waals surface area contributed by atoms with Crippen LogP contribution in [0.4, 0.5) is 0 Å². The lowest BCUT2D eigenvalue weighted by Crippen LogP contribution is -2.31. The molecule has 1 atom stereocenters. The summed E-state index contributed by atoms with van der Waals surface area (Å²) in [5, 5.41) is 10.5. The average Bonchev–Trinajstić information content (AvgIpc) is 2.47. The zero-order valence-corrected chi connectivity index (χ0v) is 12.8. The molecule has 112 valence electrons. The zero-order valence-electron chi connectivity index (χ0n) is 12.0. The quantitative estimate of drug-likeness (QED) is 0.921. The van der Waals surface area contributed by atoms with E-state index in [-0.39, 0.29) is 10.6 Å². The summed E-state index contributed by atoms with van der Waals surface area (Å²) in [6.45, 7) is 1.50. The molecule has 0 saturated heterocycles. The first-order chi connectivity index (χ1) is 9.85. The number of rotatable bonds is 5. The largest absolute Gasteiger partial charge is 0.497 e. The van der Waals surface area contributed by atoms with E-state index >= 15 is 0 Å². The summed E-state index contributed by atoms with van der Waals surface area (Å²) in [7, 11) is -2.08. The SMILES string of the molecule is COc1ccc(S(=O)(=O)CC(C)(O)c2ccccc2)cc1. The number of sulfone groups is 1. The first-order valence-electron chi connectivity index (χ1n) is 6.50. The molecule has 0 amide bonds. The second-order valence-corrected chi connectivity index (χ2v) is 7.06. The minimum atomic E-state index is -3.60. The molecule has 0 aromatic heterocycles. The van der Waals surface area contributed by atoms with Gasteiger partial charge in [0.1, 0.15) is 11.4 Å². The molecule has 0 heterocycles. The van der Waals surface area contributed by atoms with Crippen molar-refractivity contribution in [3.05, 3.63) is 60.2 Å². The molecular weight excluding hydrogens is 288 g/mol. The van der Waals surface area contributed by atoms with Gasteiger partial charge in [0, 0.05) is 0 Å². The molecular formula is C16H18O4S. The smallest absolute Gasteiger partial charge is 0.181 e. The highest BCUT2D eigenvalue weighted by molar-refractivity contribution is 7.91. The van der Waals surface area contributed by atoms with Crippen molar-refractivity contribution in [2.75, 3.05) is 12.9 Å². The van der Waals surface area contributed by atoms with E-state index in [1.165, 1.54) is 26.2 Å². The van der Waals surface area contributed by atoms with E-state index < -0.39 is 15.4 Å². The molecule has 0 fully saturated rings. The Bertz CT molecular complexity index is 689. The predicted octanol–water partition coefficient (Wildman–Crippen LogP) is 2.38. The molecule has 0 bridgehead atoms. The number of benzene rings is 2. The van der Waals surface area contributed by atoms with Crippen molar-refractivity contribution in [3.8, 4) is 5.75 Å². The van der Waals surface area contributed by atoms with Crippen molar-refractivity contribution >= 4 is 9.84 Å². The molecule has 4 nitrogen and oxygen atoms in total. The molecule has 0 aliphatic carbocycles. The van der Waals surface area contributed by atoms with Crippen LogP contribution in [0, 0.1) is 0 Å². The van der Waals surface area contributed by atoms with Crippen LogP contribution < -0.4 is 4.74 Å². The van der Waals surface area contributed by atoms with Crippen LogP contribution in [-0.2, 0) is 15.4 Å². The summed E-state index contributed by atoms with van der Waals surface area (Å²) in [5.74, 6) is 0.208. The lowest BCUT2D eigenvalue weighted by atomic mass is 9.99. The Morgan fingerprint density at radius 2 is 1.62 bits per heavy atom. The molecule has 21 heavy (non-hydrogen) atoms. The third kappa shape index (κ3) is 3.62. The van der Waals surface area contributed by atoms with Gasteiger partial charge in [-0.15, -0.1) is 0 Å². The van der Waals surface area contributed by atoms with Crippen molar-refractivity contribution in [2.45, 2.75) is 17.4 Å². The summed E-state index contributed by atoms with van der Waals surface area (Å²) in [6.07, 6.45) is 0. The highest BCUT2D eigenvalue weighted by Crippen LogP contribution is 2.26. The fourth-order valence-corrected chi connectivity index (χ4v) is 3.74. The molecule has 0 saturated carbocycles. The highest BCUT2D eigenvalue weighted by atomic mass is 32.2. The monoisotopic (exact) mass is 306 g/mol. The first kappa shape index (κ1) is 15.5. The first-order valence-corrected chi connectivity index (χ1v) is 8.15. The van der Waals surface area contributed by atoms with Gasteiger partial charge in [-0.25, -0.2) is 8.42 Å². The molecule has 0 aliphatic rings. The molecule has 0 aliphatic heterocycles. The van der Waals surface area contributed by atoms with Gasteiger partial charge in [0.05, 0.1) is 17.8 Å². The van der Waals surface area contributed by atoms with Crippen molar-refractivity contribution in [2.24, 2.45) is 0 Å². The van der Waals surface area contributed by atoms with Crippen LogP contribution in [0.5, 0.6) is 5.75 Å². The van der Waals surface area contributed by atoms with Gasteiger partial charge >= 0.3 is 0 Å². The average molecular weight is 306 g/mol. The van der Waals surface area contributed by atoms with Crippen LogP contribution >= 0.6 is 0 Å². The number of ether oxygens (including phenoxy) is 1. The maximum atomic E-state index is 12.4. The maximum absolute atomic E-state index is 12.4. The lowest BCUT2D eigenvalue weighted by Gasteiger charge is -2.23. The van der Waals surface area contributed by atoms with Gasteiger partial charge in [0.25, 0.3) is 0 Å². The molecule has 2 aromatic rings. The molecule has 1 N–H and O–H groups in total. The summed E-state index contributed by atoms with van der Waals surface area (Å²) in [4.78, 5) is 0.166. The van der Waals surface area contributed by atoms with Crippen LogP contribution in [0.2, 0.25) is 0 Å². The van der Waals surface area contributed by atoms with Gasteiger partial charge in [0.2, 0.25) is 0 Å². The Morgan fingerprint density at radius 1 is 1.05 bits per heavy atom. The van der Waals surface area contributed by atoms with E-state index in [4.69, 9.17) is 4.74 Å². The van der Waals surface area contributed by atoms with Crippen LogP contribution in [0.3, 0.4) is 0 Å². The number of aliphatic hydroxyl groups is 1. The van der Waals surface area contributed by atoms with Crippen molar-refractivity contribution in [1.82, 2.24) is 0 Å². The van der Waals surface area contributed by atoms with Gasteiger partial charge < -0.3 is 9.84 Å². The van der Waals surface area contributed by atoms with E-state index in [0.29, 0.717) is 11.3 Å². The summed E-state index contributed by atoms with van der Waals surface area (Å²) in [6, 6.07) is 14.9. The number of hydrogen-bond donors (Lipinski definition) is 1. The Balaban J connectivity index is 2.28. The number of hydrogen-bond acceptors (Lipinski definition) is 4. The molecule has 1 unspecified atom stereocenters. The fraction of sp³-hybridized carbons (Fsp3) is 0.250. The Morgan fingerprint density at radius 3 is 2.14 bits per heavy atom. The van der Waals surface area contributed by atoms with Gasteiger partial charge in [-0.3, -0.25) is 0 Å². The van der Waals surface area contributed by atoms with Gasteiger partial charge in [-0.05, 0) is 36.8 Å². The Kier molecular flexibility index (Phi) is 4.34. The van der Waals surface area contributed by atoms with Crippen molar-refractivity contribution < 1.29 is 18.3 Å². The van der Waals surface area contributed by atoms with E-state index in [9.17, 15) is 13.5 Å². The summed E-state index contributed by atoms with van der Waals surface area (Å²) >= 11 is 0. The third-order valence-corrected chi connectivity index (χ3v) is 5.22. The van der Waals surface area contributed by atoms with E-state index in [2.05, 4.69) is 0 Å². The van der Waals surface area contributed by atoms with Crippen LogP contribution in [-0.4, -0.2) is 26.4 Å². The normalized spacial score (nSPS) is 14.4. The maximum Gasteiger partial charge on any atom is 0.181 e. The third-order valence-electron chi connectivity index (χ3n) is 3.29. The van der Waals surface area contributed by atoms with Gasteiger partial charge in [-0.2, -0.15) is 0 Å². The van der Waals surface area contributed by atoms with Crippen LogP contribution in [0.25, 0.3) is 0 Å². The second-order valence-electron chi connectivity index (χ2n) is 5.07. The van der Waals surface area contributed by atoms with Gasteiger partial charge in [-0.1, -0.05) is 30.3 Å². The molecule has 0 spiro atoms. The molecule has 2 rings (SSSR count). The van der Waals surface area contributed by atoms with Crippen LogP contribution in [0.15, 0.2) is 59.5 Å². The number of methoxy groups -OCH3 is 1. The summed E-state index contributed by atoms with van der Waals surface area (Å²) < 4.78 is 29.8.